The standard InChI is InChI=1S/C18H12ClN5O4S/c1-9-17(26)23(11-4-2-10(19)3-5-11)18(29-9)22-21-15-13-8-12(24(27)28)6-7-14(13)20-16(15)25/h2-9H,1H3,(H,20,21,25)/b22-18+. The highest BCUT2D eigenvalue weighted by atomic mass is 35.5. The Morgan fingerprint density at radius 1 is 1.17 bits per heavy atom. The van der Waals surface area contributed by atoms with Gasteiger partial charge in [-0.15, -0.1) is 10.2 Å². The summed E-state index contributed by atoms with van der Waals surface area (Å²) in [6, 6.07) is 10.7. The van der Waals surface area contributed by atoms with Gasteiger partial charge in [0.15, 0.2) is 10.9 Å². The molecule has 1 fully saturated rings. The van der Waals surface area contributed by atoms with Gasteiger partial charge in [-0.2, -0.15) is 0 Å². The average molecular weight is 430 g/mol. The van der Waals surface area contributed by atoms with Crippen LogP contribution in [0.5, 0.6) is 0 Å². The fourth-order valence-corrected chi connectivity index (χ4v) is 3.92. The molecule has 4 rings (SSSR count). The fraction of sp³-hybridized carbons (Fsp3) is 0.111. The number of benzene rings is 2. The minimum atomic E-state index is -0.554. The second-order valence-electron chi connectivity index (χ2n) is 6.18. The molecule has 2 amide bonds. The minimum absolute atomic E-state index is 0.0557. The quantitative estimate of drug-likeness (QED) is 0.592. The van der Waals surface area contributed by atoms with Crippen LogP contribution in [0, 0.1) is 10.1 Å². The smallest absolute Gasteiger partial charge is 0.276 e. The van der Waals surface area contributed by atoms with Crippen LogP contribution >= 0.6 is 23.4 Å². The first-order chi connectivity index (χ1) is 13.8. The number of amidine groups is 1. The third kappa shape index (κ3) is 3.47. The van der Waals surface area contributed by atoms with Gasteiger partial charge in [0.2, 0.25) is 5.91 Å². The number of anilines is 2. The van der Waals surface area contributed by atoms with Crippen LogP contribution in [-0.2, 0) is 9.59 Å². The predicted octanol–water partition coefficient (Wildman–Crippen LogP) is 3.43. The summed E-state index contributed by atoms with van der Waals surface area (Å²) in [5.74, 6) is -0.701. The van der Waals surface area contributed by atoms with E-state index in [0.29, 0.717) is 21.6 Å². The molecule has 29 heavy (non-hydrogen) atoms. The third-order valence-corrected chi connectivity index (χ3v) is 5.58. The van der Waals surface area contributed by atoms with Gasteiger partial charge in [0.1, 0.15) is 0 Å². The maximum Gasteiger partial charge on any atom is 0.276 e. The van der Waals surface area contributed by atoms with Crippen LogP contribution in [-0.4, -0.2) is 32.9 Å². The van der Waals surface area contributed by atoms with Crippen LogP contribution in [0.15, 0.2) is 52.7 Å². The van der Waals surface area contributed by atoms with Crippen molar-refractivity contribution in [3.05, 3.63) is 63.2 Å². The summed E-state index contributed by atoms with van der Waals surface area (Å²) in [6.07, 6.45) is 0. The first-order valence-corrected chi connectivity index (χ1v) is 9.63. The molecule has 0 aliphatic carbocycles. The average Bonchev–Trinajstić information content (AvgIpc) is 3.15. The molecule has 0 aromatic heterocycles. The molecule has 1 saturated heterocycles. The van der Waals surface area contributed by atoms with E-state index >= 15 is 0 Å². The van der Waals surface area contributed by atoms with E-state index in [9.17, 15) is 19.7 Å². The molecule has 0 radical (unpaired) electrons. The van der Waals surface area contributed by atoms with Crippen molar-refractivity contribution in [2.24, 2.45) is 10.2 Å². The highest BCUT2D eigenvalue weighted by molar-refractivity contribution is 8.16. The number of rotatable bonds is 3. The number of nitrogens with zero attached hydrogens (tertiary/aromatic N) is 4. The molecule has 2 aromatic carbocycles. The lowest BCUT2D eigenvalue weighted by atomic mass is 10.1. The highest BCUT2D eigenvalue weighted by Crippen LogP contribution is 2.33. The number of carbonyl (C=O) groups excluding carboxylic acids is 2. The zero-order valence-corrected chi connectivity index (χ0v) is 16.4. The molecule has 2 aliphatic heterocycles. The molecule has 9 nitrogen and oxygen atoms in total. The molecule has 1 atom stereocenters. The number of hydrogen-bond acceptors (Lipinski definition) is 7. The lowest BCUT2D eigenvalue weighted by molar-refractivity contribution is -0.384. The Balaban J connectivity index is 1.74. The van der Waals surface area contributed by atoms with Crippen molar-refractivity contribution in [3.8, 4) is 0 Å². The topological polar surface area (TPSA) is 117 Å². The summed E-state index contributed by atoms with van der Waals surface area (Å²) in [5.41, 5.74) is 1.05. The number of nitrogens with one attached hydrogen (secondary N) is 1. The van der Waals surface area contributed by atoms with Crippen molar-refractivity contribution in [1.82, 2.24) is 0 Å². The van der Waals surface area contributed by atoms with Crippen molar-refractivity contribution < 1.29 is 14.5 Å². The summed E-state index contributed by atoms with van der Waals surface area (Å²) in [6.45, 7) is 1.74. The number of carbonyl (C=O) groups is 2. The number of thioether (sulfide) groups is 1. The van der Waals surface area contributed by atoms with Crippen molar-refractivity contribution in [1.29, 1.82) is 0 Å². The van der Waals surface area contributed by atoms with Gasteiger partial charge in [0.25, 0.3) is 11.6 Å². The summed E-state index contributed by atoms with van der Waals surface area (Å²) < 4.78 is 0. The van der Waals surface area contributed by atoms with E-state index in [2.05, 4.69) is 15.5 Å². The zero-order valence-electron chi connectivity index (χ0n) is 14.8. The molecule has 2 aromatic rings. The second-order valence-corrected chi connectivity index (χ2v) is 7.93. The number of nitro groups is 1. The predicted molar refractivity (Wildman–Crippen MR) is 112 cm³/mol. The first-order valence-electron chi connectivity index (χ1n) is 8.37. The molecule has 1 unspecified atom stereocenters. The Bertz CT molecular complexity index is 1120. The van der Waals surface area contributed by atoms with Crippen molar-refractivity contribution in [3.63, 3.8) is 0 Å². The van der Waals surface area contributed by atoms with Crippen molar-refractivity contribution >= 4 is 63.1 Å². The van der Waals surface area contributed by atoms with Crippen LogP contribution < -0.4 is 10.2 Å². The fourth-order valence-electron chi connectivity index (χ4n) is 2.88. The number of fused-ring (bicyclic) bond motifs is 1. The van der Waals surface area contributed by atoms with Crippen LogP contribution in [0.1, 0.15) is 12.5 Å². The van der Waals surface area contributed by atoms with E-state index in [-0.39, 0.29) is 28.1 Å². The summed E-state index contributed by atoms with van der Waals surface area (Å²) in [5, 5.41) is 22.2. The van der Waals surface area contributed by atoms with Crippen LogP contribution in [0.25, 0.3) is 0 Å². The molecular weight excluding hydrogens is 418 g/mol. The van der Waals surface area contributed by atoms with Crippen molar-refractivity contribution in [2.45, 2.75) is 12.2 Å². The van der Waals surface area contributed by atoms with Crippen molar-refractivity contribution in [2.75, 3.05) is 10.2 Å². The molecule has 11 heteroatoms. The Kier molecular flexibility index (Phi) is 4.81. The van der Waals surface area contributed by atoms with Gasteiger partial charge >= 0.3 is 0 Å². The number of non-ortho nitro benzene ring substituents is 1. The number of nitro benzene ring substituents is 1. The molecule has 1 N–H and O–H groups in total. The maximum absolute atomic E-state index is 12.6. The first kappa shape index (κ1) is 19.1. The van der Waals surface area contributed by atoms with E-state index in [1.807, 2.05) is 0 Å². The number of hydrogen-bond donors (Lipinski definition) is 1. The lowest BCUT2D eigenvalue weighted by Crippen LogP contribution is -2.31. The van der Waals surface area contributed by atoms with Gasteiger partial charge < -0.3 is 5.32 Å². The molecule has 0 spiro atoms. The molecule has 2 aliphatic rings. The van der Waals surface area contributed by atoms with E-state index in [4.69, 9.17) is 11.6 Å². The Morgan fingerprint density at radius 3 is 2.59 bits per heavy atom. The van der Waals surface area contributed by atoms with Crippen LogP contribution in [0.4, 0.5) is 17.1 Å². The summed E-state index contributed by atoms with van der Waals surface area (Å²) in [7, 11) is 0. The van der Waals surface area contributed by atoms with Gasteiger partial charge in [-0.3, -0.25) is 24.6 Å². The van der Waals surface area contributed by atoms with E-state index in [0.717, 1.165) is 0 Å². The Labute approximate surface area is 173 Å². The Hall–Kier alpha value is -3.24. The normalized spacial score (nSPS) is 21.0. The van der Waals surface area contributed by atoms with Gasteiger partial charge in [-0.05, 0) is 37.3 Å². The molecule has 146 valence electrons. The van der Waals surface area contributed by atoms with Gasteiger partial charge in [0, 0.05) is 22.7 Å². The minimum Gasteiger partial charge on any atom is -0.320 e. The van der Waals surface area contributed by atoms with Crippen LogP contribution in [0.2, 0.25) is 5.02 Å². The molecule has 0 saturated carbocycles. The lowest BCUT2D eigenvalue weighted by Gasteiger charge is -2.15. The number of halogens is 1. The van der Waals surface area contributed by atoms with Gasteiger partial charge in [0.05, 0.1) is 21.5 Å². The largest absolute Gasteiger partial charge is 0.320 e. The van der Waals surface area contributed by atoms with Gasteiger partial charge in [-0.25, -0.2) is 0 Å². The maximum atomic E-state index is 12.6. The molecule has 2 heterocycles. The summed E-state index contributed by atoms with van der Waals surface area (Å²) in [4.78, 5) is 36.7. The van der Waals surface area contributed by atoms with Gasteiger partial charge in [-0.1, -0.05) is 23.4 Å². The SMILES string of the molecule is CC1S/C(=N/N=C2C(=O)Nc3ccc([N+](=O)[O-])cc32)N(c2ccc(Cl)cc2)C1=O. The van der Waals surface area contributed by atoms with E-state index in [1.165, 1.54) is 34.9 Å². The molecular formula is C18H12ClN5O4S. The monoisotopic (exact) mass is 429 g/mol. The zero-order chi connectivity index (χ0) is 20.7. The van der Waals surface area contributed by atoms with E-state index in [1.54, 1.807) is 31.2 Å². The summed E-state index contributed by atoms with van der Waals surface area (Å²) >= 11 is 7.11. The molecule has 0 bridgehead atoms. The van der Waals surface area contributed by atoms with Crippen LogP contribution in [0.3, 0.4) is 0 Å². The third-order valence-electron chi connectivity index (χ3n) is 4.29. The Morgan fingerprint density at radius 2 is 1.90 bits per heavy atom. The number of amides is 2. The second kappa shape index (κ2) is 7.30. The highest BCUT2D eigenvalue weighted by Gasteiger charge is 2.37. The van der Waals surface area contributed by atoms with E-state index < -0.39 is 10.8 Å².